The van der Waals surface area contributed by atoms with E-state index in [0.717, 1.165) is 25.2 Å². The maximum atomic E-state index is 11.4. The lowest BCUT2D eigenvalue weighted by atomic mass is 10.0. The average Bonchev–Trinajstić information content (AvgIpc) is 2.96. The number of nitrogens with one attached hydrogen (secondary N) is 1. The van der Waals surface area contributed by atoms with E-state index in [2.05, 4.69) is 16.5 Å². The Balaban J connectivity index is 1.91. The van der Waals surface area contributed by atoms with Gasteiger partial charge in [0.15, 0.2) is 5.12 Å². The molecule has 1 aromatic heterocycles. The summed E-state index contributed by atoms with van der Waals surface area (Å²) in [6, 6.07) is 1.96. The monoisotopic (exact) mass is 351 g/mol. The van der Waals surface area contributed by atoms with Gasteiger partial charge in [-0.05, 0) is 44.0 Å². The molecular formula is C17H25N3O3S. The number of rotatable bonds is 7. The molecule has 7 heteroatoms. The largest absolute Gasteiger partial charge is 0.466 e. The molecule has 1 aromatic rings. The summed E-state index contributed by atoms with van der Waals surface area (Å²) in [5, 5.41) is 8.26. The maximum absolute atomic E-state index is 11.4. The third kappa shape index (κ3) is 6.13. The second-order valence-corrected chi connectivity index (χ2v) is 7.07. The molecule has 1 saturated heterocycles. The number of hydrogen-bond donors (Lipinski definition) is 1. The van der Waals surface area contributed by atoms with Gasteiger partial charge in [-0.2, -0.15) is 5.10 Å². The molecule has 0 spiro atoms. The molecule has 0 aromatic carbocycles. The number of aryl methyl sites for hydroxylation is 1. The third-order valence-corrected chi connectivity index (χ3v) is 4.86. The normalized spacial score (nSPS) is 19.4. The van der Waals surface area contributed by atoms with Gasteiger partial charge in [0.25, 0.3) is 0 Å². The van der Waals surface area contributed by atoms with Crippen LogP contribution in [0.4, 0.5) is 0 Å². The first-order valence-electron chi connectivity index (χ1n) is 8.36. The number of hydrogen-bond acceptors (Lipinski definition) is 6. The van der Waals surface area contributed by atoms with Crippen LogP contribution in [0.3, 0.4) is 0 Å². The van der Waals surface area contributed by atoms with E-state index in [1.807, 2.05) is 23.9 Å². The topological polar surface area (TPSA) is 73.2 Å². The van der Waals surface area contributed by atoms with Crippen molar-refractivity contribution in [2.24, 2.45) is 0 Å². The lowest BCUT2D eigenvalue weighted by Crippen LogP contribution is -2.32. The summed E-state index contributed by atoms with van der Waals surface area (Å²) < 4.78 is 6.76. The highest BCUT2D eigenvalue weighted by molar-refractivity contribution is 8.14. The minimum absolute atomic E-state index is 0.150. The van der Waals surface area contributed by atoms with E-state index in [9.17, 15) is 9.59 Å². The van der Waals surface area contributed by atoms with Crippen LogP contribution in [0.1, 0.15) is 38.8 Å². The Morgan fingerprint density at radius 3 is 3.12 bits per heavy atom. The Kier molecular flexibility index (Phi) is 7.52. The van der Waals surface area contributed by atoms with Crippen molar-refractivity contribution in [3.63, 3.8) is 0 Å². The summed E-state index contributed by atoms with van der Waals surface area (Å²) in [6.45, 7) is 6.26. The Morgan fingerprint density at radius 1 is 1.54 bits per heavy atom. The first kappa shape index (κ1) is 18.7. The Morgan fingerprint density at radius 2 is 2.38 bits per heavy atom. The van der Waals surface area contributed by atoms with Crippen LogP contribution in [0, 0.1) is 0 Å². The van der Waals surface area contributed by atoms with E-state index in [1.54, 1.807) is 6.92 Å². The SMILES string of the molecule is CCOC(=O)CCCn1ccc(/C=C2\CNCCC2SC(C)=O)n1. The highest BCUT2D eigenvalue weighted by Crippen LogP contribution is 2.26. The van der Waals surface area contributed by atoms with Gasteiger partial charge in [0.05, 0.1) is 12.3 Å². The zero-order valence-electron chi connectivity index (χ0n) is 14.3. The van der Waals surface area contributed by atoms with Crippen molar-refractivity contribution >= 4 is 28.9 Å². The number of ether oxygens (including phenoxy) is 1. The zero-order chi connectivity index (χ0) is 17.4. The van der Waals surface area contributed by atoms with Gasteiger partial charge in [-0.1, -0.05) is 11.8 Å². The quantitative estimate of drug-likeness (QED) is 0.760. The molecule has 0 amide bonds. The molecule has 0 bridgehead atoms. The van der Waals surface area contributed by atoms with E-state index >= 15 is 0 Å². The minimum Gasteiger partial charge on any atom is -0.466 e. The summed E-state index contributed by atoms with van der Waals surface area (Å²) in [5.41, 5.74) is 2.09. The molecule has 1 unspecified atom stereocenters. The molecule has 0 saturated carbocycles. The molecule has 24 heavy (non-hydrogen) atoms. The number of thioether (sulfide) groups is 1. The van der Waals surface area contributed by atoms with Gasteiger partial charge in [-0.3, -0.25) is 14.3 Å². The Bertz CT molecular complexity index is 598. The van der Waals surface area contributed by atoms with E-state index < -0.39 is 0 Å². The number of carbonyl (C=O) groups is 2. The van der Waals surface area contributed by atoms with E-state index in [-0.39, 0.29) is 16.3 Å². The van der Waals surface area contributed by atoms with Crippen LogP contribution >= 0.6 is 11.8 Å². The van der Waals surface area contributed by atoms with Crippen LogP contribution in [-0.4, -0.2) is 45.8 Å². The van der Waals surface area contributed by atoms with Crippen molar-refractivity contribution < 1.29 is 14.3 Å². The van der Waals surface area contributed by atoms with Gasteiger partial charge < -0.3 is 10.1 Å². The fourth-order valence-electron chi connectivity index (χ4n) is 2.63. The molecule has 132 valence electrons. The molecule has 2 rings (SSSR count). The van der Waals surface area contributed by atoms with Gasteiger partial charge in [0.2, 0.25) is 0 Å². The molecule has 1 N–H and O–H groups in total. The molecule has 0 aliphatic carbocycles. The first-order chi connectivity index (χ1) is 11.6. The van der Waals surface area contributed by atoms with E-state index in [0.29, 0.717) is 26.0 Å². The molecule has 1 atom stereocenters. The van der Waals surface area contributed by atoms with Crippen molar-refractivity contribution in [3.05, 3.63) is 23.5 Å². The molecule has 0 radical (unpaired) electrons. The van der Waals surface area contributed by atoms with Crippen molar-refractivity contribution in [2.75, 3.05) is 19.7 Å². The number of piperidine rings is 1. The summed E-state index contributed by atoms with van der Waals surface area (Å²) in [5.74, 6) is -0.163. The van der Waals surface area contributed by atoms with Crippen LogP contribution in [0.5, 0.6) is 0 Å². The lowest BCUT2D eigenvalue weighted by Gasteiger charge is -2.24. The smallest absolute Gasteiger partial charge is 0.305 e. The summed E-state index contributed by atoms with van der Waals surface area (Å²) in [6.07, 6.45) is 6.05. The zero-order valence-corrected chi connectivity index (χ0v) is 15.1. The highest BCUT2D eigenvalue weighted by Gasteiger charge is 2.21. The highest BCUT2D eigenvalue weighted by atomic mass is 32.2. The Labute approximate surface area is 147 Å². The second-order valence-electron chi connectivity index (χ2n) is 5.70. The minimum atomic E-state index is -0.163. The number of carbonyl (C=O) groups excluding carboxylic acids is 2. The first-order valence-corrected chi connectivity index (χ1v) is 9.24. The predicted molar refractivity (Wildman–Crippen MR) is 95.6 cm³/mol. The maximum Gasteiger partial charge on any atom is 0.305 e. The van der Waals surface area contributed by atoms with Gasteiger partial charge in [-0.25, -0.2) is 0 Å². The molecule has 2 heterocycles. The molecule has 1 aliphatic rings. The van der Waals surface area contributed by atoms with Crippen LogP contribution < -0.4 is 5.32 Å². The van der Waals surface area contributed by atoms with Crippen molar-refractivity contribution in [2.45, 2.75) is 44.9 Å². The predicted octanol–water partition coefficient (Wildman–Crippen LogP) is 2.25. The van der Waals surface area contributed by atoms with E-state index in [1.165, 1.54) is 17.3 Å². The Hall–Kier alpha value is -1.60. The van der Waals surface area contributed by atoms with Crippen molar-refractivity contribution in [1.29, 1.82) is 0 Å². The average molecular weight is 351 g/mol. The molecule has 1 aliphatic heterocycles. The molecular weight excluding hydrogens is 326 g/mol. The van der Waals surface area contributed by atoms with Crippen molar-refractivity contribution in [3.8, 4) is 0 Å². The number of nitrogens with zero attached hydrogens (tertiary/aromatic N) is 2. The van der Waals surface area contributed by atoms with Crippen LogP contribution in [0.15, 0.2) is 17.8 Å². The van der Waals surface area contributed by atoms with Gasteiger partial charge in [-0.15, -0.1) is 0 Å². The molecule has 1 fully saturated rings. The van der Waals surface area contributed by atoms with Gasteiger partial charge in [0, 0.05) is 37.9 Å². The van der Waals surface area contributed by atoms with Crippen LogP contribution in [-0.2, 0) is 20.9 Å². The van der Waals surface area contributed by atoms with Gasteiger partial charge in [0.1, 0.15) is 0 Å². The third-order valence-electron chi connectivity index (χ3n) is 3.70. The summed E-state index contributed by atoms with van der Waals surface area (Å²) >= 11 is 1.40. The van der Waals surface area contributed by atoms with Crippen molar-refractivity contribution in [1.82, 2.24) is 15.1 Å². The fourth-order valence-corrected chi connectivity index (χ4v) is 3.57. The standard InChI is InChI=1S/C17H25N3O3S/c1-3-23-17(22)5-4-9-20-10-7-15(19-20)11-14-12-18-8-6-16(14)24-13(2)21/h7,10-11,16,18H,3-6,8-9,12H2,1-2H3/b14-11+. The fraction of sp³-hybridized carbons (Fsp3) is 0.588. The lowest BCUT2D eigenvalue weighted by molar-refractivity contribution is -0.143. The number of esters is 1. The number of aromatic nitrogens is 2. The molecule has 6 nitrogen and oxygen atoms in total. The van der Waals surface area contributed by atoms with Crippen LogP contribution in [0.2, 0.25) is 0 Å². The van der Waals surface area contributed by atoms with Gasteiger partial charge >= 0.3 is 5.97 Å². The summed E-state index contributed by atoms with van der Waals surface area (Å²) in [4.78, 5) is 22.7. The van der Waals surface area contributed by atoms with Crippen LogP contribution in [0.25, 0.3) is 6.08 Å². The second kappa shape index (κ2) is 9.64. The van der Waals surface area contributed by atoms with E-state index in [4.69, 9.17) is 4.74 Å². The summed E-state index contributed by atoms with van der Waals surface area (Å²) in [7, 11) is 0.